The Morgan fingerprint density at radius 1 is 1.36 bits per heavy atom. The summed E-state index contributed by atoms with van der Waals surface area (Å²) in [5, 5.41) is 3.16. The summed E-state index contributed by atoms with van der Waals surface area (Å²) in [7, 11) is -3.19. The quantitative estimate of drug-likeness (QED) is 0.542. The van der Waals surface area contributed by atoms with Crippen molar-refractivity contribution in [2.24, 2.45) is 0 Å². The molecule has 0 fully saturated rings. The van der Waals surface area contributed by atoms with Gasteiger partial charge in [-0.25, -0.2) is 13.8 Å². The molecule has 9 heteroatoms. The van der Waals surface area contributed by atoms with Gasteiger partial charge in [0.2, 0.25) is 0 Å². The first kappa shape index (κ1) is 20.3. The van der Waals surface area contributed by atoms with Crippen LogP contribution in [0.1, 0.15) is 20.8 Å². The molecule has 2 N–H and O–H groups in total. The summed E-state index contributed by atoms with van der Waals surface area (Å²) in [6, 6.07) is 8.51. The van der Waals surface area contributed by atoms with Crippen LogP contribution in [0.25, 0.3) is 0 Å². The van der Waals surface area contributed by atoms with E-state index in [9.17, 15) is 9.00 Å². The fraction of sp³-hybridized carbons (Fsp3) is 0.312. The number of thioether (sulfide) groups is 1. The third kappa shape index (κ3) is 5.22. The van der Waals surface area contributed by atoms with Crippen LogP contribution < -0.4 is 5.32 Å². The largest absolute Gasteiger partial charge is 0.444 e. The second-order valence-corrected chi connectivity index (χ2v) is 11.2. The van der Waals surface area contributed by atoms with Crippen LogP contribution in [0.15, 0.2) is 48.8 Å². The van der Waals surface area contributed by atoms with E-state index in [2.05, 4.69) is 21.2 Å². The van der Waals surface area contributed by atoms with E-state index in [0.717, 1.165) is 8.68 Å². The Morgan fingerprint density at radius 2 is 2.04 bits per heavy atom. The number of rotatable bonds is 4. The molecule has 0 aliphatic carbocycles. The van der Waals surface area contributed by atoms with Gasteiger partial charge in [-0.15, -0.1) is 23.1 Å². The fourth-order valence-electron chi connectivity index (χ4n) is 1.94. The predicted molar refractivity (Wildman–Crippen MR) is 107 cm³/mol. The highest BCUT2D eigenvalue weighted by molar-refractivity contribution is 9.10. The van der Waals surface area contributed by atoms with Crippen LogP contribution in [0.4, 0.5) is 9.80 Å². The monoisotopic (exact) mass is 462 g/mol. The molecule has 1 aromatic heterocycles. The molecule has 0 aliphatic heterocycles. The van der Waals surface area contributed by atoms with Crippen LogP contribution in [-0.4, -0.2) is 22.2 Å². The lowest BCUT2D eigenvalue weighted by Crippen LogP contribution is -2.26. The number of benzene rings is 1. The molecule has 25 heavy (non-hydrogen) atoms. The number of carbonyl (C=O) groups is 1. The maximum atomic E-state index is 13.1. The van der Waals surface area contributed by atoms with E-state index < -0.39 is 21.4 Å². The van der Waals surface area contributed by atoms with Gasteiger partial charge in [0.25, 0.3) is 0 Å². The highest BCUT2D eigenvalue weighted by Gasteiger charge is 2.23. The fourth-order valence-corrected chi connectivity index (χ4v) is 6.51. The zero-order valence-electron chi connectivity index (χ0n) is 14.2. The second kappa shape index (κ2) is 7.69. The molecule has 136 valence electrons. The van der Waals surface area contributed by atoms with Gasteiger partial charge in [0.15, 0.2) is 0 Å². The molecule has 0 spiro atoms. The van der Waals surface area contributed by atoms with E-state index in [1.807, 2.05) is 12.3 Å². The van der Waals surface area contributed by atoms with Gasteiger partial charge in [-0.3, -0.25) is 5.32 Å². The van der Waals surface area contributed by atoms with Crippen molar-refractivity contribution in [3.05, 3.63) is 34.8 Å². The number of ether oxygens (including phenoxy) is 1. The van der Waals surface area contributed by atoms with Crippen molar-refractivity contribution in [3.8, 4) is 0 Å². The van der Waals surface area contributed by atoms with Crippen LogP contribution in [-0.2, 0) is 14.5 Å². The Labute approximate surface area is 164 Å². The maximum absolute atomic E-state index is 13.1. The summed E-state index contributed by atoms with van der Waals surface area (Å²) in [5.74, 6) is 0. The summed E-state index contributed by atoms with van der Waals surface area (Å²) >= 11 is 6.02. The van der Waals surface area contributed by atoms with Crippen LogP contribution in [0.3, 0.4) is 0 Å². The number of anilines is 1. The lowest BCUT2D eigenvalue weighted by Gasteiger charge is -2.19. The molecule has 5 nitrogen and oxygen atoms in total. The topological polar surface area (TPSA) is 79.2 Å². The average Bonchev–Trinajstić information content (AvgIpc) is 2.88. The highest BCUT2D eigenvalue weighted by Crippen LogP contribution is 2.40. The van der Waals surface area contributed by atoms with Crippen LogP contribution in [0.2, 0.25) is 0 Å². The third-order valence-electron chi connectivity index (χ3n) is 2.91. The lowest BCUT2D eigenvalue weighted by atomic mass is 10.2. The minimum absolute atomic E-state index is 0.397. The van der Waals surface area contributed by atoms with Crippen LogP contribution in [0.5, 0.6) is 0 Å². The Kier molecular flexibility index (Phi) is 6.24. The molecular formula is C16H19BrN2O3S3. The Hall–Kier alpha value is -1.03. The van der Waals surface area contributed by atoms with E-state index in [4.69, 9.17) is 9.52 Å². The summed E-state index contributed by atoms with van der Waals surface area (Å²) in [6.45, 7) is 5.34. The molecule has 1 unspecified atom stereocenters. The Bertz CT molecular complexity index is 886. The minimum Gasteiger partial charge on any atom is -0.444 e. The number of hydrogen-bond donors (Lipinski definition) is 2. The number of hydrogen-bond acceptors (Lipinski definition) is 6. The number of halogens is 1. The second-order valence-electron chi connectivity index (χ2n) is 6.11. The SMILES string of the molecule is CSc1sc(NC(=O)OC(C)(C)C)cc1S(=N)(=O)c1cccc(Br)c1. The van der Waals surface area contributed by atoms with E-state index in [0.29, 0.717) is 14.8 Å². The zero-order chi connectivity index (χ0) is 18.8. The van der Waals surface area contributed by atoms with Gasteiger partial charge in [0.1, 0.15) is 20.3 Å². The normalized spacial score (nSPS) is 14.0. The standard InChI is InChI=1S/C16H19BrN2O3S3/c1-16(2,3)22-15(20)19-13-9-12(14(23-4)24-13)25(18,21)11-7-5-6-10(17)8-11/h5-9,18H,1-4H3,(H,19,20). The summed E-state index contributed by atoms with van der Waals surface area (Å²) in [6.07, 6.45) is 1.27. The van der Waals surface area contributed by atoms with Crippen molar-refractivity contribution in [1.29, 1.82) is 4.78 Å². The van der Waals surface area contributed by atoms with Crippen LogP contribution >= 0.6 is 39.0 Å². The molecule has 2 aromatic rings. The summed E-state index contributed by atoms with van der Waals surface area (Å²) in [5.41, 5.74) is -0.605. The molecule has 1 heterocycles. The zero-order valence-corrected chi connectivity index (χ0v) is 18.2. The van der Waals surface area contributed by atoms with Crippen molar-refractivity contribution in [3.63, 3.8) is 0 Å². The van der Waals surface area contributed by atoms with Crippen LogP contribution in [0, 0.1) is 4.78 Å². The number of thiophene rings is 1. The molecular weight excluding hydrogens is 444 g/mol. The van der Waals surface area contributed by atoms with Crippen molar-refractivity contribution in [2.75, 3.05) is 11.6 Å². The van der Waals surface area contributed by atoms with Crippen molar-refractivity contribution in [2.45, 2.75) is 40.4 Å². The van der Waals surface area contributed by atoms with Gasteiger partial charge in [-0.1, -0.05) is 22.0 Å². The van der Waals surface area contributed by atoms with E-state index >= 15 is 0 Å². The summed E-state index contributed by atoms with van der Waals surface area (Å²) < 4.78 is 28.3. The molecule has 0 bridgehead atoms. The minimum atomic E-state index is -3.19. The van der Waals surface area contributed by atoms with Gasteiger partial charge in [-0.05, 0) is 51.3 Å². The highest BCUT2D eigenvalue weighted by atomic mass is 79.9. The van der Waals surface area contributed by atoms with Crippen molar-refractivity contribution >= 4 is 59.9 Å². The molecule has 0 radical (unpaired) electrons. The molecule has 1 atom stereocenters. The van der Waals surface area contributed by atoms with Crippen molar-refractivity contribution in [1.82, 2.24) is 0 Å². The van der Waals surface area contributed by atoms with Gasteiger partial charge in [0, 0.05) is 4.47 Å². The first-order chi connectivity index (χ1) is 11.5. The maximum Gasteiger partial charge on any atom is 0.412 e. The van der Waals surface area contributed by atoms with Gasteiger partial charge < -0.3 is 4.74 Å². The number of amides is 1. The third-order valence-corrected chi connectivity index (χ3v) is 7.71. The first-order valence-corrected chi connectivity index (χ1v) is 11.6. The number of carbonyl (C=O) groups excluding carboxylic acids is 1. The molecule has 1 aromatic carbocycles. The van der Waals surface area contributed by atoms with Crippen molar-refractivity contribution < 1.29 is 13.7 Å². The van der Waals surface area contributed by atoms with Gasteiger partial charge >= 0.3 is 6.09 Å². The Morgan fingerprint density at radius 3 is 2.60 bits per heavy atom. The van der Waals surface area contributed by atoms with E-state index in [-0.39, 0.29) is 0 Å². The molecule has 1 amide bonds. The van der Waals surface area contributed by atoms with Gasteiger partial charge in [-0.2, -0.15) is 0 Å². The smallest absolute Gasteiger partial charge is 0.412 e. The molecule has 0 aliphatic rings. The Balaban J connectivity index is 2.36. The van der Waals surface area contributed by atoms with E-state index in [1.54, 1.807) is 45.0 Å². The lowest BCUT2D eigenvalue weighted by molar-refractivity contribution is 0.0636. The molecule has 2 rings (SSSR count). The molecule has 0 saturated carbocycles. The molecule has 0 saturated heterocycles. The number of nitrogens with one attached hydrogen (secondary N) is 2. The first-order valence-electron chi connectivity index (χ1n) is 7.25. The van der Waals surface area contributed by atoms with E-state index in [1.165, 1.54) is 23.1 Å². The summed E-state index contributed by atoms with van der Waals surface area (Å²) in [4.78, 5) is 12.8. The predicted octanol–water partition coefficient (Wildman–Crippen LogP) is 6.04. The van der Waals surface area contributed by atoms with Gasteiger partial charge in [0.05, 0.1) is 14.0 Å². The average molecular weight is 463 g/mol.